The smallest absolute Gasteiger partial charge is 0.316 e. The molecular formula is C11H18ClN3O. The highest BCUT2D eigenvalue weighted by Crippen LogP contribution is 2.26. The zero-order valence-corrected chi connectivity index (χ0v) is 10.4. The predicted molar refractivity (Wildman–Crippen MR) is 66.4 cm³/mol. The zero-order valence-electron chi connectivity index (χ0n) is 9.62. The average Bonchev–Trinajstić information content (AvgIpc) is 2.69. The number of nitrogens with zero attached hydrogens (tertiary/aromatic N) is 1. The highest BCUT2D eigenvalue weighted by molar-refractivity contribution is 5.85. The fourth-order valence-corrected chi connectivity index (χ4v) is 2.10. The number of rotatable bonds is 2. The second-order valence-electron chi connectivity index (χ2n) is 4.39. The van der Waals surface area contributed by atoms with Gasteiger partial charge in [-0.3, -0.25) is 0 Å². The molecular weight excluding hydrogens is 226 g/mol. The minimum absolute atomic E-state index is 0. The van der Waals surface area contributed by atoms with Gasteiger partial charge in [-0.25, -0.2) is 4.79 Å². The first-order valence-corrected chi connectivity index (χ1v) is 5.48. The van der Waals surface area contributed by atoms with Crippen LogP contribution in [0.2, 0.25) is 0 Å². The first-order chi connectivity index (χ1) is 7.18. The molecule has 16 heavy (non-hydrogen) atoms. The summed E-state index contributed by atoms with van der Waals surface area (Å²) in [6.07, 6.45) is 2.89. The van der Waals surface area contributed by atoms with E-state index in [-0.39, 0.29) is 18.1 Å². The van der Waals surface area contributed by atoms with Crippen LogP contribution in [-0.2, 0) is 0 Å². The molecule has 2 N–H and O–H groups in total. The van der Waals surface area contributed by atoms with Gasteiger partial charge < -0.3 is 10.3 Å². The lowest BCUT2D eigenvalue weighted by atomic mass is 9.94. The fourth-order valence-electron chi connectivity index (χ4n) is 2.10. The van der Waals surface area contributed by atoms with E-state index in [4.69, 9.17) is 0 Å². The second-order valence-corrected chi connectivity index (χ2v) is 4.39. The van der Waals surface area contributed by atoms with E-state index in [0.717, 1.165) is 25.2 Å². The molecule has 90 valence electrons. The van der Waals surface area contributed by atoms with E-state index < -0.39 is 0 Å². The Kier molecular flexibility index (Phi) is 4.50. The first-order valence-electron chi connectivity index (χ1n) is 5.48. The molecule has 2 heterocycles. The van der Waals surface area contributed by atoms with Crippen LogP contribution >= 0.6 is 12.4 Å². The van der Waals surface area contributed by atoms with E-state index in [9.17, 15) is 4.79 Å². The van der Waals surface area contributed by atoms with Gasteiger partial charge in [0.15, 0.2) is 0 Å². The van der Waals surface area contributed by atoms with E-state index in [2.05, 4.69) is 29.1 Å². The lowest BCUT2D eigenvalue weighted by molar-refractivity contribution is 0.688. The van der Waals surface area contributed by atoms with Crippen LogP contribution in [0.15, 0.2) is 11.0 Å². The highest BCUT2D eigenvalue weighted by atomic mass is 35.5. The number of H-pyrrole nitrogens is 1. The summed E-state index contributed by atoms with van der Waals surface area (Å²) in [5, 5.41) is 3.30. The number of nitrogens with one attached hydrogen (secondary N) is 2. The third kappa shape index (κ3) is 2.62. The van der Waals surface area contributed by atoms with Gasteiger partial charge in [-0.15, -0.1) is 12.4 Å². The number of hydrogen-bond donors (Lipinski definition) is 2. The molecule has 4 nitrogen and oxygen atoms in total. The Bertz CT molecular complexity index is 396. The summed E-state index contributed by atoms with van der Waals surface area (Å²) in [5.41, 5.74) is 1.92. The Morgan fingerprint density at radius 3 is 2.81 bits per heavy atom. The van der Waals surface area contributed by atoms with E-state index in [1.165, 1.54) is 5.56 Å². The third-order valence-electron chi connectivity index (χ3n) is 2.94. The van der Waals surface area contributed by atoms with Gasteiger partial charge in [-0.05, 0) is 24.4 Å². The SMILES string of the molecule is CC(C)c1c[nH]c(=O)nc1C1CCNC1.Cl. The van der Waals surface area contributed by atoms with E-state index in [1.54, 1.807) is 0 Å². The molecule has 0 spiro atoms. The zero-order chi connectivity index (χ0) is 10.8. The third-order valence-corrected chi connectivity index (χ3v) is 2.94. The summed E-state index contributed by atoms with van der Waals surface area (Å²) in [4.78, 5) is 18.0. The van der Waals surface area contributed by atoms with Crippen LogP contribution in [-0.4, -0.2) is 23.1 Å². The van der Waals surface area contributed by atoms with Crippen LogP contribution in [0.4, 0.5) is 0 Å². The summed E-state index contributed by atoms with van der Waals surface area (Å²) >= 11 is 0. The van der Waals surface area contributed by atoms with Crippen molar-refractivity contribution < 1.29 is 0 Å². The summed E-state index contributed by atoms with van der Waals surface area (Å²) in [5.74, 6) is 0.814. The lowest BCUT2D eigenvalue weighted by Crippen LogP contribution is -2.19. The van der Waals surface area contributed by atoms with Gasteiger partial charge >= 0.3 is 5.69 Å². The molecule has 5 heteroatoms. The summed E-state index contributed by atoms with van der Waals surface area (Å²) in [6.45, 7) is 6.22. The maximum Gasteiger partial charge on any atom is 0.345 e. The maximum atomic E-state index is 11.2. The second kappa shape index (κ2) is 5.46. The molecule has 1 atom stereocenters. The molecule has 1 aliphatic rings. The number of halogens is 1. The van der Waals surface area contributed by atoms with Crippen molar-refractivity contribution in [3.63, 3.8) is 0 Å². The van der Waals surface area contributed by atoms with Gasteiger partial charge in [-0.1, -0.05) is 13.8 Å². The molecule has 0 saturated carbocycles. The van der Waals surface area contributed by atoms with Gasteiger partial charge in [0.25, 0.3) is 0 Å². The normalized spacial score (nSPS) is 19.8. The van der Waals surface area contributed by atoms with Gasteiger partial charge in [0, 0.05) is 18.7 Å². The minimum atomic E-state index is -0.235. The fraction of sp³-hybridized carbons (Fsp3) is 0.636. The van der Waals surface area contributed by atoms with Crippen molar-refractivity contribution in [2.75, 3.05) is 13.1 Å². The lowest BCUT2D eigenvalue weighted by Gasteiger charge is -2.14. The average molecular weight is 244 g/mol. The molecule has 0 aliphatic carbocycles. The van der Waals surface area contributed by atoms with E-state index in [0.29, 0.717) is 11.8 Å². The molecule has 2 rings (SSSR count). The van der Waals surface area contributed by atoms with Gasteiger partial charge in [-0.2, -0.15) is 4.98 Å². The molecule has 1 fully saturated rings. The van der Waals surface area contributed by atoms with Crippen LogP contribution in [0.5, 0.6) is 0 Å². The van der Waals surface area contributed by atoms with Crippen molar-refractivity contribution in [3.05, 3.63) is 27.9 Å². The molecule has 1 saturated heterocycles. The molecule has 1 aliphatic heterocycles. The Balaban J connectivity index is 0.00000128. The molecule has 1 aromatic heterocycles. The Labute approximate surface area is 101 Å². The standard InChI is InChI=1S/C11H17N3O.ClH/c1-7(2)9-6-13-11(15)14-10(9)8-3-4-12-5-8;/h6-8,12H,3-5H2,1-2H3,(H,13,14,15);1H. The van der Waals surface area contributed by atoms with Crippen molar-refractivity contribution >= 4 is 12.4 Å². The van der Waals surface area contributed by atoms with Crippen molar-refractivity contribution in [1.82, 2.24) is 15.3 Å². The largest absolute Gasteiger partial charge is 0.345 e. The predicted octanol–water partition coefficient (Wildman–Crippen LogP) is 1.39. The van der Waals surface area contributed by atoms with Crippen LogP contribution < -0.4 is 11.0 Å². The van der Waals surface area contributed by atoms with Crippen molar-refractivity contribution in [3.8, 4) is 0 Å². The topological polar surface area (TPSA) is 57.8 Å². The Morgan fingerprint density at radius 1 is 1.50 bits per heavy atom. The number of hydrogen-bond acceptors (Lipinski definition) is 3. The first kappa shape index (κ1) is 13.2. The summed E-state index contributed by atoms with van der Waals surface area (Å²) < 4.78 is 0. The monoisotopic (exact) mass is 243 g/mol. The van der Waals surface area contributed by atoms with Crippen molar-refractivity contribution in [2.45, 2.75) is 32.1 Å². The van der Waals surface area contributed by atoms with Gasteiger partial charge in [0.2, 0.25) is 0 Å². The minimum Gasteiger partial charge on any atom is -0.316 e. The summed E-state index contributed by atoms with van der Waals surface area (Å²) in [7, 11) is 0. The molecule has 0 bridgehead atoms. The van der Waals surface area contributed by atoms with E-state index >= 15 is 0 Å². The van der Waals surface area contributed by atoms with Crippen molar-refractivity contribution in [2.24, 2.45) is 0 Å². The van der Waals surface area contributed by atoms with Crippen LogP contribution in [0.25, 0.3) is 0 Å². The van der Waals surface area contributed by atoms with Crippen molar-refractivity contribution in [1.29, 1.82) is 0 Å². The van der Waals surface area contributed by atoms with E-state index in [1.807, 2.05) is 6.20 Å². The van der Waals surface area contributed by atoms with Crippen LogP contribution in [0.1, 0.15) is 43.4 Å². The molecule has 0 amide bonds. The number of aromatic amines is 1. The number of aromatic nitrogens is 2. The Hall–Kier alpha value is -0.870. The van der Waals surface area contributed by atoms with Gasteiger partial charge in [0.05, 0.1) is 5.69 Å². The maximum absolute atomic E-state index is 11.2. The molecule has 1 aromatic rings. The summed E-state index contributed by atoms with van der Waals surface area (Å²) in [6, 6.07) is 0. The molecule has 1 unspecified atom stereocenters. The van der Waals surface area contributed by atoms with Gasteiger partial charge in [0.1, 0.15) is 0 Å². The quantitative estimate of drug-likeness (QED) is 0.826. The van der Waals surface area contributed by atoms with Crippen LogP contribution in [0.3, 0.4) is 0 Å². The highest BCUT2D eigenvalue weighted by Gasteiger charge is 2.22. The van der Waals surface area contributed by atoms with Crippen LogP contribution in [0, 0.1) is 0 Å². The Morgan fingerprint density at radius 2 is 2.25 bits per heavy atom. The molecule has 0 aromatic carbocycles. The molecule has 0 radical (unpaired) electrons.